The van der Waals surface area contributed by atoms with Crippen molar-refractivity contribution in [2.24, 2.45) is 5.41 Å². The number of para-hydroxylation sites is 1. The summed E-state index contributed by atoms with van der Waals surface area (Å²) in [7, 11) is 0. The summed E-state index contributed by atoms with van der Waals surface area (Å²) in [4.78, 5) is 25.5. The van der Waals surface area contributed by atoms with E-state index in [0.29, 0.717) is 12.5 Å². The molecule has 130 valence electrons. The maximum atomic E-state index is 13.1. The highest BCUT2D eigenvalue weighted by molar-refractivity contribution is 5.98. The van der Waals surface area contributed by atoms with Crippen LogP contribution in [0.15, 0.2) is 24.3 Å². The molecule has 4 nitrogen and oxygen atoms in total. The van der Waals surface area contributed by atoms with Crippen LogP contribution in [0.25, 0.3) is 0 Å². The molecule has 2 amide bonds. The molecule has 4 heteroatoms. The first kappa shape index (κ1) is 17.0. The van der Waals surface area contributed by atoms with Crippen LogP contribution in [0.5, 0.6) is 0 Å². The molecule has 0 saturated heterocycles. The fraction of sp³-hybridized carbons (Fsp3) is 0.600. The topological polar surface area (TPSA) is 58.2 Å². The first-order valence-electron chi connectivity index (χ1n) is 9.32. The Bertz CT molecular complexity index is 601. The SMILES string of the molecule is CCc1ccccc1NC(=O)C1(CC(=O)NC2CC2)CCCCC1. The molecule has 24 heavy (non-hydrogen) atoms. The highest BCUT2D eigenvalue weighted by Crippen LogP contribution is 2.41. The normalized spacial score (nSPS) is 19.5. The van der Waals surface area contributed by atoms with Crippen molar-refractivity contribution in [2.45, 2.75) is 70.8 Å². The number of aryl methyl sites for hydroxylation is 1. The highest BCUT2D eigenvalue weighted by atomic mass is 16.2. The third-order valence-corrected chi connectivity index (χ3v) is 5.38. The van der Waals surface area contributed by atoms with Gasteiger partial charge in [0.25, 0.3) is 0 Å². The van der Waals surface area contributed by atoms with E-state index >= 15 is 0 Å². The molecule has 2 aliphatic rings. The van der Waals surface area contributed by atoms with Crippen LogP contribution in [0.4, 0.5) is 5.69 Å². The molecule has 0 heterocycles. The lowest BCUT2D eigenvalue weighted by atomic mass is 9.70. The molecule has 2 aliphatic carbocycles. The fourth-order valence-electron chi connectivity index (χ4n) is 3.73. The van der Waals surface area contributed by atoms with Gasteiger partial charge in [0.2, 0.25) is 11.8 Å². The number of hydrogen-bond donors (Lipinski definition) is 2. The monoisotopic (exact) mass is 328 g/mol. The van der Waals surface area contributed by atoms with Gasteiger partial charge in [-0.2, -0.15) is 0 Å². The molecule has 1 aromatic rings. The van der Waals surface area contributed by atoms with Crippen LogP contribution < -0.4 is 10.6 Å². The summed E-state index contributed by atoms with van der Waals surface area (Å²) in [6.07, 6.45) is 8.19. The van der Waals surface area contributed by atoms with Gasteiger partial charge < -0.3 is 10.6 Å². The molecule has 2 saturated carbocycles. The van der Waals surface area contributed by atoms with Crippen LogP contribution in [-0.2, 0) is 16.0 Å². The number of amides is 2. The zero-order valence-electron chi connectivity index (χ0n) is 14.6. The Morgan fingerprint density at radius 1 is 1.12 bits per heavy atom. The number of anilines is 1. The summed E-state index contributed by atoms with van der Waals surface area (Å²) >= 11 is 0. The number of benzene rings is 1. The van der Waals surface area contributed by atoms with Crippen LogP contribution in [0.2, 0.25) is 0 Å². The first-order valence-corrected chi connectivity index (χ1v) is 9.32. The average molecular weight is 328 g/mol. The Balaban J connectivity index is 1.74. The second-order valence-corrected chi connectivity index (χ2v) is 7.32. The summed E-state index contributed by atoms with van der Waals surface area (Å²) in [5, 5.41) is 6.18. The molecular formula is C20H28N2O2. The molecule has 0 atom stereocenters. The third-order valence-electron chi connectivity index (χ3n) is 5.38. The summed E-state index contributed by atoms with van der Waals surface area (Å²) < 4.78 is 0. The molecule has 0 aliphatic heterocycles. The van der Waals surface area contributed by atoms with Crippen LogP contribution >= 0.6 is 0 Å². The van der Waals surface area contributed by atoms with Crippen molar-refractivity contribution in [3.8, 4) is 0 Å². The Morgan fingerprint density at radius 2 is 1.83 bits per heavy atom. The van der Waals surface area contributed by atoms with Crippen molar-refractivity contribution in [3.63, 3.8) is 0 Å². The van der Waals surface area contributed by atoms with E-state index in [0.717, 1.165) is 62.6 Å². The highest BCUT2D eigenvalue weighted by Gasteiger charge is 2.42. The van der Waals surface area contributed by atoms with Gasteiger partial charge in [-0.05, 0) is 43.7 Å². The number of nitrogens with one attached hydrogen (secondary N) is 2. The molecule has 1 aromatic carbocycles. The summed E-state index contributed by atoms with van der Waals surface area (Å²) in [6.45, 7) is 2.09. The van der Waals surface area contributed by atoms with E-state index in [1.165, 1.54) is 0 Å². The zero-order valence-corrected chi connectivity index (χ0v) is 14.6. The van der Waals surface area contributed by atoms with Crippen LogP contribution in [-0.4, -0.2) is 17.9 Å². The lowest BCUT2D eigenvalue weighted by molar-refractivity contribution is -0.134. The summed E-state index contributed by atoms with van der Waals surface area (Å²) in [5.41, 5.74) is 1.48. The van der Waals surface area contributed by atoms with Crippen LogP contribution in [0, 0.1) is 5.41 Å². The van der Waals surface area contributed by atoms with Crippen molar-refractivity contribution in [1.82, 2.24) is 5.32 Å². The van der Waals surface area contributed by atoms with Gasteiger partial charge in [0, 0.05) is 18.2 Å². The number of hydrogen-bond acceptors (Lipinski definition) is 2. The van der Waals surface area contributed by atoms with Gasteiger partial charge in [-0.3, -0.25) is 9.59 Å². The zero-order chi connectivity index (χ0) is 17.0. The number of carbonyl (C=O) groups is 2. The van der Waals surface area contributed by atoms with Crippen LogP contribution in [0.1, 0.15) is 63.9 Å². The standard InChI is InChI=1S/C20H28N2O2/c1-2-15-8-4-5-9-17(15)22-19(24)20(12-6-3-7-13-20)14-18(23)21-16-10-11-16/h4-5,8-9,16H,2-3,6-7,10-14H2,1H3,(H,21,23)(H,22,24). The molecule has 0 aromatic heterocycles. The van der Waals surface area contributed by atoms with E-state index in [2.05, 4.69) is 17.6 Å². The predicted octanol–water partition coefficient (Wildman–Crippen LogP) is 3.81. The quantitative estimate of drug-likeness (QED) is 0.834. The van der Waals surface area contributed by atoms with Gasteiger partial charge in [-0.25, -0.2) is 0 Å². The van der Waals surface area contributed by atoms with Gasteiger partial charge in [0.15, 0.2) is 0 Å². The van der Waals surface area contributed by atoms with Crippen molar-refractivity contribution < 1.29 is 9.59 Å². The summed E-state index contributed by atoms with van der Waals surface area (Å²) in [5.74, 6) is 0.0624. The second kappa shape index (κ2) is 7.37. The number of rotatable bonds is 6. The van der Waals surface area contributed by atoms with Gasteiger partial charge in [0.1, 0.15) is 0 Å². The van der Waals surface area contributed by atoms with Gasteiger partial charge in [-0.15, -0.1) is 0 Å². The van der Waals surface area contributed by atoms with Crippen molar-refractivity contribution >= 4 is 17.5 Å². The van der Waals surface area contributed by atoms with E-state index in [-0.39, 0.29) is 11.8 Å². The molecule has 0 bridgehead atoms. The van der Waals surface area contributed by atoms with Gasteiger partial charge in [0.05, 0.1) is 5.41 Å². The van der Waals surface area contributed by atoms with Crippen molar-refractivity contribution in [3.05, 3.63) is 29.8 Å². The smallest absolute Gasteiger partial charge is 0.231 e. The minimum atomic E-state index is -0.544. The van der Waals surface area contributed by atoms with Crippen molar-refractivity contribution in [1.29, 1.82) is 0 Å². The Morgan fingerprint density at radius 3 is 2.50 bits per heavy atom. The lowest BCUT2D eigenvalue weighted by Crippen LogP contribution is -2.42. The molecule has 2 fully saturated rings. The average Bonchev–Trinajstić information content (AvgIpc) is 3.40. The Labute approximate surface area is 144 Å². The fourth-order valence-corrected chi connectivity index (χ4v) is 3.73. The van der Waals surface area contributed by atoms with Crippen LogP contribution in [0.3, 0.4) is 0 Å². The first-order chi connectivity index (χ1) is 11.6. The lowest BCUT2D eigenvalue weighted by Gasteiger charge is -2.35. The second-order valence-electron chi connectivity index (χ2n) is 7.32. The van der Waals surface area contributed by atoms with E-state index in [1.807, 2.05) is 24.3 Å². The maximum Gasteiger partial charge on any atom is 0.231 e. The largest absolute Gasteiger partial charge is 0.353 e. The minimum Gasteiger partial charge on any atom is -0.353 e. The third kappa shape index (κ3) is 3.97. The molecule has 0 unspecified atom stereocenters. The van der Waals surface area contributed by atoms with E-state index in [1.54, 1.807) is 0 Å². The Kier molecular flexibility index (Phi) is 5.22. The van der Waals surface area contributed by atoms with Crippen molar-refractivity contribution in [2.75, 3.05) is 5.32 Å². The molecule has 0 spiro atoms. The molecule has 0 radical (unpaired) electrons. The summed E-state index contributed by atoms with van der Waals surface area (Å²) in [6, 6.07) is 8.29. The van der Waals surface area contributed by atoms with E-state index in [4.69, 9.17) is 0 Å². The molecular weight excluding hydrogens is 300 g/mol. The van der Waals surface area contributed by atoms with E-state index in [9.17, 15) is 9.59 Å². The maximum absolute atomic E-state index is 13.1. The molecule has 2 N–H and O–H groups in total. The van der Waals surface area contributed by atoms with Gasteiger partial charge >= 0.3 is 0 Å². The number of carbonyl (C=O) groups excluding carboxylic acids is 2. The molecule has 3 rings (SSSR count). The van der Waals surface area contributed by atoms with E-state index < -0.39 is 5.41 Å². The minimum absolute atomic E-state index is 0.0223. The predicted molar refractivity (Wildman–Crippen MR) is 95.7 cm³/mol. The van der Waals surface area contributed by atoms with Gasteiger partial charge in [-0.1, -0.05) is 44.4 Å². The Hall–Kier alpha value is -1.84.